The molecule has 1 aliphatic rings. The molecular weight excluding hydrogens is 180 g/mol. The van der Waals surface area contributed by atoms with Gasteiger partial charge in [0.15, 0.2) is 0 Å². The van der Waals surface area contributed by atoms with Crippen LogP contribution in [0.15, 0.2) is 0 Å². The number of carbonyl (C=O) groups excluding carboxylic acids is 2. The molecule has 1 heterocycles. The molecule has 1 unspecified atom stereocenters. The average molecular weight is 188 g/mol. The summed E-state index contributed by atoms with van der Waals surface area (Å²) in [4.78, 5) is 30.4. The second-order valence-electron chi connectivity index (χ2n) is 2.33. The molecule has 13 heavy (non-hydrogen) atoms. The number of nitrogens with two attached hydrogens (primary N) is 2. The van der Waals surface area contributed by atoms with E-state index in [2.05, 4.69) is 9.68 Å². The Morgan fingerprint density at radius 1 is 1.54 bits per heavy atom. The molecular formula is C5H8N4O4. The third-order valence-electron chi connectivity index (χ3n) is 1.24. The lowest BCUT2D eigenvalue weighted by molar-refractivity contribution is -0.276. The molecule has 0 spiro atoms. The minimum Gasteiger partial charge on any atom is -0.365 e. The molecule has 8 nitrogen and oxygen atoms in total. The van der Waals surface area contributed by atoms with Gasteiger partial charge >= 0.3 is 11.9 Å². The van der Waals surface area contributed by atoms with E-state index in [-0.39, 0.29) is 11.6 Å². The largest absolute Gasteiger partial charge is 0.365 e. The fourth-order valence-corrected chi connectivity index (χ4v) is 0.659. The molecule has 0 radical (unpaired) electrons. The number of rotatable bonds is 0. The molecule has 1 rings (SSSR count). The minimum absolute atomic E-state index is 0.220. The molecule has 0 aromatic carbocycles. The lowest BCUT2D eigenvalue weighted by Gasteiger charge is -2.15. The Morgan fingerprint density at radius 2 is 2.15 bits per heavy atom. The van der Waals surface area contributed by atoms with E-state index in [0.717, 1.165) is 0 Å². The molecule has 1 saturated heterocycles. The Labute approximate surface area is 72.8 Å². The molecule has 72 valence electrons. The maximum absolute atomic E-state index is 10.9. The van der Waals surface area contributed by atoms with Gasteiger partial charge < -0.3 is 21.1 Å². The minimum atomic E-state index is -1.09. The van der Waals surface area contributed by atoms with Crippen LogP contribution < -0.4 is 11.5 Å². The second kappa shape index (κ2) is 3.27. The van der Waals surface area contributed by atoms with E-state index in [0.29, 0.717) is 0 Å². The van der Waals surface area contributed by atoms with Crippen LogP contribution in [0.5, 0.6) is 0 Å². The van der Waals surface area contributed by atoms with E-state index in [1.54, 1.807) is 0 Å². The Hall–Kier alpha value is -1.83. The Balaban J connectivity index is 2.76. The molecule has 8 heteroatoms. The van der Waals surface area contributed by atoms with E-state index >= 15 is 0 Å². The van der Waals surface area contributed by atoms with Gasteiger partial charge in [-0.15, -0.1) is 0 Å². The number of guanidine groups is 1. The van der Waals surface area contributed by atoms with E-state index < -0.39 is 23.9 Å². The molecule has 1 aliphatic heterocycles. The third-order valence-corrected chi connectivity index (χ3v) is 1.24. The number of hydrogen-bond donors (Lipinski definition) is 3. The lowest BCUT2D eigenvalue weighted by atomic mass is 10.2. The molecule has 0 aromatic heterocycles. The fraction of sp³-hybridized carbons (Fsp3) is 0.400. The van der Waals surface area contributed by atoms with Gasteiger partial charge in [-0.25, -0.2) is 9.59 Å². The summed E-state index contributed by atoms with van der Waals surface area (Å²) in [6, 6.07) is -1.09. The van der Waals surface area contributed by atoms with Crippen LogP contribution >= 0.6 is 0 Å². The van der Waals surface area contributed by atoms with Gasteiger partial charge in [0.05, 0.1) is 6.42 Å². The fourth-order valence-electron chi connectivity index (χ4n) is 0.659. The molecule has 0 amide bonds. The molecule has 0 saturated carbocycles. The maximum atomic E-state index is 10.9. The number of carbonyl (C=O) groups is 2. The highest BCUT2D eigenvalue weighted by Crippen LogP contribution is 2.05. The summed E-state index contributed by atoms with van der Waals surface area (Å²) in [5, 5.41) is 7.06. The summed E-state index contributed by atoms with van der Waals surface area (Å²) in [7, 11) is 0. The average Bonchev–Trinajstić information content (AvgIpc) is 2.12. The topological polar surface area (TPSA) is 132 Å². The van der Waals surface area contributed by atoms with E-state index in [9.17, 15) is 9.59 Å². The summed E-state index contributed by atoms with van der Waals surface area (Å²) in [5.74, 6) is -2.37. The van der Waals surface area contributed by atoms with Crippen molar-refractivity contribution in [2.24, 2.45) is 11.5 Å². The monoisotopic (exact) mass is 188 g/mol. The third kappa shape index (κ3) is 2.06. The van der Waals surface area contributed by atoms with Crippen LogP contribution in [0, 0.1) is 5.41 Å². The van der Waals surface area contributed by atoms with Gasteiger partial charge in [0.2, 0.25) is 0 Å². The first kappa shape index (κ1) is 9.26. The highest BCUT2D eigenvalue weighted by molar-refractivity contribution is 5.86. The Morgan fingerprint density at radius 3 is 2.69 bits per heavy atom. The van der Waals surface area contributed by atoms with Gasteiger partial charge in [-0.3, -0.25) is 5.41 Å². The van der Waals surface area contributed by atoms with Crippen LogP contribution in [0.3, 0.4) is 0 Å². The normalized spacial score (nSPS) is 23.2. The van der Waals surface area contributed by atoms with Gasteiger partial charge in [-0.1, -0.05) is 0 Å². The zero-order valence-corrected chi connectivity index (χ0v) is 6.52. The lowest BCUT2D eigenvalue weighted by Crippen LogP contribution is -2.39. The first-order chi connectivity index (χ1) is 6.00. The first-order valence-electron chi connectivity index (χ1n) is 3.33. The van der Waals surface area contributed by atoms with Crippen molar-refractivity contribution in [3.63, 3.8) is 0 Å². The Kier molecular flexibility index (Phi) is 2.33. The molecule has 1 fully saturated rings. The predicted octanol–water partition coefficient (Wildman–Crippen LogP) is -2.17. The molecule has 0 aromatic rings. The smallest absolute Gasteiger partial charge is 0.353 e. The van der Waals surface area contributed by atoms with Gasteiger partial charge in [-0.2, -0.15) is 0 Å². The van der Waals surface area contributed by atoms with Crippen molar-refractivity contribution < 1.29 is 19.3 Å². The van der Waals surface area contributed by atoms with Gasteiger partial charge in [0.25, 0.3) is 5.96 Å². The number of nitrogens with one attached hydrogen (secondary N) is 1. The summed E-state index contributed by atoms with van der Waals surface area (Å²) in [5.41, 5.74) is 10.1. The Bertz CT molecular complexity index is 265. The summed E-state index contributed by atoms with van der Waals surface area (Å²) < 4.78 is 0. The molecule has 1 atom stereocenters. The van der Waals surface area contributed by atoms with Crippen molar-refractivity contribution in [1.82, 2.24) is 5.23 Å². The maximum Gasteiger partial charge on any atom is 0.353 e. The van der Waals surface area contributed by atoms with Crippen LogP contribution in [-0.2, 0) is 19.3 Å². The van der Waals surface area contributed by atoms with Crippen LogP contribution in [0.25, 0.3) is 0 Å². The zero-order valence-electron chi connectivity index (χ0n) is 6.52. The van der Waals surface area contributed by atoms with Crippen LogP contribution in [0.4, 0.5) is 0 Å². The summed E-state index contributed by atoms with van der Waals surface area (Å²) >= 11 is 0. The highest BCUT2D eigenvalue weighted by Gasteiger charge is 2.30. The standard InChI is InChI=1S/C5H8N4O4/c6-2-1-3(10)12-9(5(7)8)13-4(2)11/h2H,1,6H2,(H3,7,8). The first-order valence-corrected chi connectivity index (χ1v) is 3.33. The number of hydroxylamine groups is 2. The number of nitrogens with zero attached hydrogens (tertiary/aromatic N) is 1. The number of hydrogen-bond acceptors (Lipinski definition) is 6. The molecule has 5 N–H and O–H groups in total. The van der Waals surface area contributed by atoms with Crippen LogP contribution in [-0.4, -0.2) is 29.2 Å². The van der Waals surface area contributed by atoms with Crippen LogP contribution in [0.1, 0.15) is 6.42 Å². The van der Waals surface area contributed by atoms with Crippen molar-refractivity contribution in [3.8, 4) is 0 Å². The van der Waals surface area contributed by atoms with Crippen molar-refractivity contribution in [3.05, 3.63) is 0 Å². The van der Waals surface area contributed by atoms with Crippen molar-refractivity contribution in [2.75, 3.05) is 0 Å². The van der Waals surface area contributed by atoms with Crippen molar-refractivity contribution >= 4 is 17.9 Å². The SMILES string of the molecule is N=C(N)N1OC(=O)CC(N)C(=O)O1. The quantitative estimate of drug-likeness (QED) is 0.291. The molecule has 0 aliphatic carbocycles. The van der Waals surface area contributed by atoms with Crippen molar-refractivity contribution in [2.45, 2.75) is 12.5 Å². The van der Waals surface area contributed by atoms with Crippen LogP contribution in [0.2, 0.25) is 0 Å². The van der Waals surface area contributed by atoms with Crippen molar-refractivity contribution in [1.29, 1.82) is 5.41 Å². The highest BCUT2D eigenvalue weighted by atomic mass is 17.0. The second-order valence-corrected chi connectivity index (χ2v) is 2.33. The summed E-state index contributed by atoms with van der Waals surface area (Å²) in [6.45, 7) is 0. The van der Waals surface area contributed by atoms with Gasteiger partial charge in [0.1, 0.15) is 6.04 Å². The molecule has 0 bridgehead atoms. The summed E-state index contributed by atoms with van der Waals surface area (Å²) in [6.07, 6.45) is -0.303. The van der Waals surface area contributed by atoms with Gasteiger partial charge in [-0.05, 0) is 0 Å². The predicted molar refractivity (Wildman–Crippen MR) is 38.5 cm³/mol. The van der Waals surface area contributed by atoms with Gasteiger partial charge in [0, 0.05) is 5.23 Å². The van der Waals surface area contributed by atoms with E-state index in [4.69, 9.17) is 16.9 Å². The zero-order chi connectivity index (χ0) is 10.0. The van der Waals surface area contributed by atoms with E-state index in [1.165, 1.54) is 0 Å². The van der Waals surface area contributed by atoms with E-state index in [1.807, 2.05) is 0 Å².